The molecule has 1 aromatic heterocycles. The van der Waals surface area contributed by atoms with Gasteiger partial charge in [0.15, 0.2) is 17.3 Å². The molecule has 11 nitrogen and oxygen atoms in total. The minimum atomic E-state index is -1.54. The zero-order valence-electron chi connectivity index (χ0n) is 19.4. The van der Waals surface area contributed by atoms with Gasteiger partial charge in [0.25, 0.3) is 0 Å². The number of Topliss-reactive ketones (excluding diaryl/α,β-unsaturated/α-hetero) is 2. The first-order valence-electron chi connectivity index (χ1n) is 10.6. The van der Waals surface area contributed by atoms with E-state index in [-0.39, 0.29) is 39.5 Å². The van der Waals surface area contributed by atoms with Crippen LogP contribution in [0.4, 0.5) is 5.95 Å². The molecule has 1 aromatic carbocycles. The molecule has 0 fully saturated rings. The number of ether oxygens (including phenoxy) is 1. The van der Waals surface area contributed by atoms with Crippen LogP contribution in [0.3, 0.4) is 0 Å². The average Bonchev–Trinajstić information content (AvgIpc) is 3.30. The normalized spacial score (nSPS) is 20.3. The molecule has 0 unspecified atom stereocenters. The number of carbonyl (C=O) groups is 3. The van der Waals surface area contributed by atoms with Gasteiger partial charge in [-0.3, -0.25) is 14.4 Å². The minimum absolute atomic E-state index is 0.000740. The molecule has 0 saturated heterocycles. The number of nitrogens with zero attached hydrogens (tertiary/aromatic N) is 3. The summed E-state index contributed by atoms with van der Waals surface area (Å²) in [4.78, 5) is 42.9. The van der Waals surface area contributed by atoms with E-state index in [9.17, 15) is 24.6 Å². The Labute approximate surface area is 195 Å². The number of hydrogen-bond acceptors (Lipinski definition) is 10. The first-order valence-corrected chi connectivity index (χ1v) is 10.6. The van der Waals surface area contributed by atoms with Crippen molar-refractivity contribution in [1.29, 1.82) is 0 Å². The Balaban J connectivity index is 1.69. The van der Waals surface area contributed by atoms with Crippen molar-refractivity contribution in [3.63, 3.8) is 0 Å². The number of aromatic hydroxyl groups is 2. The van der Waals surface area contributed by atoms with Crippen LogP contribution in [0.25, 0.3) is 0 Å². The number of anilines is 1. The number of ketones is 3. The molecule has 178 valence electrons. The van der Waals surface area contributed by atoms with Gasteiger partial charge in [0.2, 0.25) is 5.95 Å². The lowest BCUT2D eigenvalue weighted by Gasteiger charge is -2.29. The predicted octanol–water partition coefficient (Wildman–Crippen LogP) is 1.40. The molecule has 1 aliphatic carbocycles. The highest BCUT2D eigenvalue weighted by Gasteiger charge is 2.56. The van der Waals surface area contributed by atoms with Crippen LogP contribution in [0.1, 0.15) is 42.3 Å². The highest BCUT2D eigenvalue weighted by Crippen LogP contribution is 2.57. The Morgan fingerprint density at radius 2 is 1.91 bits per heavy atom. The third-order valence-corrected chi connectivity index (χ3v) is 6.27. The fourth-order valence-corrected chi connectivity index (χ4v) is 4.33. The van der Waals surface area contributed by atoms with Crippen LogP contribution in [-0.4, -0.2) is 55.4 Å². The molecule has 0 amide bonds. The SMILES string of the molecule is CC(=O)c1c(O)c(C)c(O)c2c1OC1=CC(=O)/C(=C(/C)NCCNc3ncnn3C)C(=O)[C@]12C. The van der Waals surface area contributed by atoms with Crippen molar-refractivity contribution in [1.82, 2.24) is 20.1 Å². The Bertz CT molecular complexity index is 1320. The van der Waals surface area contributed by atoms with Crippen LogP contribution in [0, 0.1) is 6.92 Å². The summed E-state index contributed by atoms with van der Waals surface area (Å²) >= 11 is 0. The lowest BCUT2D eigenvalue weighted by Crippen LogP contribution is -2.41. The fourth-order valence-electron chi connectivity index (χ4n) is 4.33. The van der Waals surface area contributed by atoms with Crippen LogP contribution < -0.4 is 15.4 Å². The maximum Gasteiger partial charge on any atom is 0.220 e. The monoisotopic (exact) mass is 467 g/mol. The van der Waals surface area contributed by atoms with Gasteiger partial charge in [-0.25, -0.2) is 4.68 Å². The molecule has 2 heterocycles. The van der Waals surface area contributed by atoms with Gasteiger partial charge in [-0.2, -0.15) is 10.1 Å². The van der Waals surface area contributed by atoms with E-state index in [2.05, 4.69) is 20.7 Å². The quantitative estimate of drug-likeness (QED) is 0.212. The second-order valence-electron chi connectivity index (χ2n) is 8.45. The van der Waals surface area contributed by atoms with Crippen LogP contribution in [-0.2, 0) is 22.1 Å². The van der Waals surface area contributed by atoms with Crippen LogP contribution in [0.5, 0.6) is 17.2 Å². The van der Waals surface area contributed by atoms with Gasteiger partial charge >= 0.3 is 0 Å². The molecule has 34 heavy (non-hydrogen) atoms. The van der Waals surface area contributed by atoms with Crippen LogP contribution in [0.2, 0.25) is 0 Å². The number of hydrogen-bond donors (Lipinski definition) is 4. The highest BCUT2D eigenvalue weighted by atomic mass is 16.5. The third-order valence-electron chi connectivity index (χ3n) is 6.27. The van der Waals surface area contributed by atoms with Gasteiger partial charge in [0.1, 0.15) is 40.3 Å². The summed E-state index contributed by atoms with van der Waals surface area (Å²) in [7, 11) is 1.75. The van der Waals surface area contributed by atoms with E-state index < -0.39 is 28.5 Å². The van der Waals surface area contributed by atoms with Gasteiger partial charge in [-0.05, 0) is 27.7 Å². The molecule has 0 saturated carbocycles. The van der Waals surface area contributed by atoms with Crippen molar-refractivity contribution >= 4 is 23.3 Å². The smallest absolute Gasteiger partial charge is 0.220 e. The van der Waals surface area contributed by atoms with Crippen molar-refractivity contribution < 1.29 is 29.3 Å². The Kier molecular flexibility index (Phi) is 5.42. The van der Waals surface area contributed by atoms with Gasteiger partial charge in [0.05, 0.1) is 11.1 Å². The highest BCUT2D eigenvalue weighted by molar-refractivity contribution is 6.31. The summed E-state index contributed by atoms with van der Waals surface area (Å²) in [5, 5.41) is 31.4. The van der Waals surface area contributed by atoms with Crippen LogP contribution >= 0.6 is 0 Å². The van der Waals surface area contributed by atoms with Crippen molar-refractivity contribution in [2.45, 2.75) is 33.1 Å². The molecule has 4 N–H and O–H groups in total. The lowest BCUT2D eigenvalue weighted by atomic mass is 9.70. The first kappa shape index (κ1) is 23.0. The molecule has 0 radical (unpaired) electrons. The molecule has 1 atom stereocenters. The summed E-state index contributed by atoms with van der Waals surface area (Å²) in [5.41, 5.74) is -1.28. The molecule has 11 heteroatoms. The van der Waals surface area contributed by atoms with Gasteiger partial charge in [-0.15, -0.1) is 0 Å². The standard InChI is InChI=1S/C23H25N5O6/c1-10-18(31)16(12(3)29)20-17(19(10)32)23(4)14(34-20)8-13(30)15(21(23)33)11(2)24-6-7-25-22-26-9-27-28(22)5/h8-9,24,31-32H,6-7H2,1-5H3,(H,25,26,27)/b15-11+/t23-/m1/s1. The van der Waals surface area contributed by atoms with E-state index in [0.717, 1.165) is 0 Å². The molecule has 0 bridgehead atoms. The van der Waals surface area contributed by atoms with E-state index in [1.165, 1.54) is 33.2 Å². The fraction of sp³-hybridized carbons (Fsp3) is 0.348. The maximum atomic E-state index is 13.7. The number of phenolic OH excluding ortho intramolecular Hbond substituents is 2. The lowest BCUT2D eigenvalue weighted by molar-refractivity contribution is -0.123. The number of phenols is 2. The molecular weight excluding hydrogens is 442 g/mol. The Hall–Kier alpha value is -4.15. The summed E-state index contributed by atoms with van der Waals surface area (Å²) in [6, 6.07) is 0. The molecule has 2 aliphatic rings. The maximum absolute atomic E-state index is 13.7. The Morgan fingerprint density at radius 1 is 1.21 bits per heavy atom. The molecule has 0 spiro atoms. The number of aryl methyl sites for hydroxylation is 1. The topological polar surface area (TPSA) is 156 Å². The summed E-state index contributed by atoms with van der Waals surface area (Å²) < 4.78 is 7.33. The molecule has 2 aromatic rings. The summed E-state index contributed by atoms with van der Waals surface area (Å²) in [6.45, 7) is 6.67. The second-order valence-corrected chi connectivity index (χ2v) is 8.45. The largest absolute Gasteiger partial charge is 0.507 e. The number of carbonyl (C=O) groups excluding carboxylic acids is 3. The zero-order valence-corrected chi connectivity index (χ0v) is 19.4. The van der Waals surface area contributed by atoms with E-state index in [1.807, 2.05) is 0 Å². The van der Waals surface area contributed by atoms with Crippen molar-refractivity contribution in [2.75, 3.05) is 18.4 Å². The van der Waals surface area contributed by atoms with Gasteiger partial charge in [0, 0.05) is 37.5 Å². The van der Waals surface area contributed by atoms with Crippen molar-refractivity contribution in [3.8, 4) is 17.2 Å². The average molecular weight is 467 g/mol. The number of aromatic nitrogens is 3. The molecular formula is C23H25N5O6. The number of benzene rings is 1. The summed E-state index contributed by atoms with van der Waals surface area (Å²) in [6.07, 6.45) is 2.61. The zero-order chi connectivity index (χ0) is 24.9. The number of rotatable bonds is 6. The van der Waals surface area contributed by atoms with Gasteiger partial charge < -0.3 is 25.6 Å². The van der Waals surface area contributed by atoms with Crippen molar-refractivity contribution in [2.24, 2.45) is 7.05 Å². The van der Waals surface area contributed by atoms with E-state index in [1.54, 1.807) is 18.7 Å². The van der Waals surface area contributed by atoms with Crippen molar-refractivity contribution in [3.05, 3.63) is 46.1 Å². The molecule has 1 aliphatic heterocycles. The predicted molar refractivity (Wildman–Crippen MR) is 121 cm³/mol. The number of allylic oxidation sites excluding steroid dienone is 4. The van der Waals surface area contributed by atoms with E-state index in [0.29, 0.717) is 24.7 Å². The third kappa shape index (κ3) is 3.23. The number of fused-ring (bicyclic) bond motifs is 3. The minimum Gasteiger partial charge on any atom is -0.507 e. The first-order chi connectivity index (χ1) is 16.0. The number of nitrogens with one attached hydrogen (secondary N) is 2. The molecule has 4 rings (SSSR count). The summed E-state index contributed by atoms with van der Waals surface area (Å²) in [5.74, 6) is -1.94. The van der Waals surface area contributed by atoms with E-state index >= 15 is 0 Å². The second kappa shape index (κ2) is 8.01. The van der Waals surface area contributed by atoms with Crippen LogP contribution in [0.15, 0.2) is 29.4 Å². The van der Waals surface area contributed by atoms with Gasteiger partial charge in [-0.1, -0.05) is 0 Å². The Morgan fingerprint density at radius 3 is 2.53 bits per heavy atom. The van der Waals surface area contributed by atoms with E-state index in [4.69, 9.17) is 4.74 Å².